The largest absolute Gasteiger partial charge is 0.326 e. The van der Waals surface area contributed by atoms with Crippen molar-refractivity contribution >= 4 is 43.2 Å². The number of anilines is 1. The molecule has 0 spiro atoms. The van der Waals surface area contributed by atoms with Gasteiger partial charge >= 0.3 is 0 Å². The molecule has 28 heavy (non-hydrogen) atoms. The van der Waals surface area contributed by atoms with Crippen LogP contribution in [0.5, 0.6) is 0 Å². The van der Waals surface area contributed by atoms with Crippen LogP contribution < -0.4 is 5.32 Å². The SMILES string of the molecule is O=C(Nc1ccc2scnc2c1)C1CCN(S(=O)(=O)c2cccc(F)c2)CC1. The smallest absolute Gasteiger partial charge is 0.243 e. The van der Waals surface area contributed by atoms with Crippen LogP contribution in [0.25, 0.3) is 10.2 Å². The van der Waals surface area contributed by atoms with E-state index in [0.29, 0.717) is 18.5 Å². The van der Waals surface area contributed by atoms with Crippen molar-refractivity contribution in [2.24, 2.45) is 5.92 Å². The molecular formula is C19H18FN3O3S2. The minimum Gasteiger partial charge on any atom is -0.326 e. The van der Waals surface area contributed by atoms with Crippen molar-refractivity contribution in [1.29, 1.82) is 0 Å². The van der Waals surface area contributed by atoms with Crippen LogP contribution in [0, 0.1) is 11.7 Å². The molecule has 4 rings (SSSR count). The summed E-state index contributed by atoms with van der Waals surface area (Å²) in [5.74, 6) is -0.991. The zero-order valence-electron chi connectivity index (χ0n) is 14.8. The molecule has 6 nitrogen and oxygen atoms in total. The number of nitrogens with zero attached hydrogens (tertiary/aromatic N) is 2. The minimum atomic E-state index is -3.76. The molecule has 1 saturated heterocycles. The van der Waals surface area contributed by atoms with Gasteiger partial charge in [-0.15, -0.1) is 11.3 Å². The van der Waals surface area contributed by atoms with E-state index in [1.165, 1.54) is 33.8 Å². The number of rotatable bonds is 4. The first-order valence-corrected chi connectivity index (χ1v) is 11.2. The number of fused-ring (bicyclic) bond motifs is 1. The highest BCUT2D eigenvalue weighted by Gasteiger charge is 2.32. The Labute approximate surface area is 166 Å². The van der Waals surface area contributed by atoms with Crippen molar-refractivity contribution in [3.63, 3.8) is 0 Å². The number of nitrogens with one attached hydrogen (secondary N) is 1. The summed E-state index contributed by atoms with van der Waals surface area (Å²) < 4.78 is 41.1. The maximum Gasteiger partial charge on any atom is 0.243 e. The van der Waals surface area contributed by atoms with Crippen molar-refractivity contribution in [2.75, 3.05) is 18.4 Å². The molecule has 0 aliphatic carbocycles. The van der Waals surface area contributed by atoms with E-state index in [1.807, 2.05) is 18.2 Å². The second kappa shape index (κ2) is 7.57. The number of carbonyl (C=O) groups is 1. The number of aromatic nitrogens is 1. The Balaban J connectivity index is 1.40. The van der Waals surface area contributed by atoms with E-state index >= 15 is 0 Å². The molecule has 9 heteroatoms. The van der Waals surface area contributed by atoms with Crippen LogP contribution in [0.4, 0.5) is 10.1 Å². The molecule has 3 aromatic rings. The number of benzene rings is 2. The number of piperidine rings is 1. The fourth-order valence-corrected chi connectivity index (χ4v) is 5.48. The number of halogens is 1. The fourth-order valence-electron chi connectivity index (χ4n) is 3.31. The topological polar surface area (TPSA) is 79.4 Å². The predicted molar refractivity (Wildman–Crippen MR) is 106 cm³/mol. The molecule has 0 bridgehead atoms. The van der Waals surface area contributed by atoms with Gasteiger partial charge < -0.3 is 5.32 Å². The number of amides is 1. The van der Waals surface area contributed by atoms with Gasteiger partial charge in [0.05, 0.1) is 20.6 Å². The highest BCUT2D eigenvalue weighted by Crippen LogP contribution is 2.26. The molecule has 1 aliphatic rings. The van der Waals surface area contributed by atoms with Gasteiger partial charge in [0.25, 0.3) is 0 Å². The summed E-state index contributed by atoms with van der Waals surface area (Å²) in [6, 6.07) is 10.6. The van der Waals surface area contributed by atoms with Gasteiger partial charge in [-0.25, -0.2) is 17.8 Å². The number of hydrogen-bond donors (Lipinski definition) is 1. The minimum absolute atomic E-state index is 0.0630. The molecular weight excluding hydrogens is 401 g/mol. The second-order valence-electron chi connectivity index (χ2n) is 6.66. The molecule has 0 saturated carbocycles. The monoisotopic (exact) mass is 419 g/mol. The van der Waals surface area contributed by atoms with E-state index in [4.69, 9.17) is 0 Å². The third kappa shape index (κ3) is 3.78. The van der Waals surface area contributed by atoms with E-state index in [0.717, 1.165) is 16.3 Å². The summed E-state index contributed by atoms with van der Waals surface area (Å²) in [6.45, 7) is 0.449. The van der Waals surface area contributed by atoms with Gasteiger partial charge in [-0.1, -0.05) is 6.07 Å². The Morgan fingerprint density at radius 2 is 1.96 bits per heavy atom. The lowest BCUT2D eigenvalue weighted by atomic mass is 9.97. The molecule has 1 fully saturated rings. The molecule has 0 atom stereocenters. The number of hydrogen-bond acceptors (Lipinski definition) is 5. The molecule has 1 aromatic heterocycles. The first-order valence-electron chi connectivity index (χ1n) is 8.83. The molecule has 1 N–H and O–H groups in total. The van der Waals surface area contributed by atoms with Crippen molar-refractivity contribution in [3.8, 4) is 0 Å². The first kappa shape index (κ1) is 19.0. The Bertz CT molecular complexity index is 1120. The molecule has 2 aromatic carbocycles. The number of thiazole rings is 1. The van der Waals surface area contributed by atoms with Gasteiger partial charge in [-0.2, -0.15) is 4.31 Å². The lowest BCUT2D eigenvalue weighted by Gasteiger charge is -2.30. The van der Waals surface area contributed by atoms with Gasteiger partial charge in [-0.05, 0) is 49.2 Å². The summed E-state index contributed by atoms with van der Waals surface area (Å²) in [5, 5.41) is 2.89. The molecule has 2 heterocycles. The zero-order valence-corrected chi connectivity index (χ0v) is 16.5. The summed E-state index contributed by atoms with van der Waals surface area (Å²) >= 11 is 1.53. The Morgan fingerprint density at radius 1 is 1.18 bits per heavy atom. The number of sulfonamides is 1. The first-order chi connectivity index (χ1) is 13.4. The van der Waals surface area contributed by atoms with Crippen LogP contribution in [-0.2, 0) is 14.8 Å². The van der Waals surface area contributed by atoms with Crippen molar-refractivity contribution < 1.29 is 17.6 Å². The van der Waals surface area contributed by atoms with Crippen LogP contribution in [-0.4, -0.2) is 36.7 Å². The third-order valence-electron chi connectivity index (χ3n) is 4.86. The lowest BCUT2D eigenvalue weighted by molar-refractivity contribution is -0.120. The van der Waals surface area contributed by atoms with Gasteiger partial charge in [0.1, 0.15) is 5.82 Å². The maximum atomic E-state index is 13.4. The summed E-state index contributed by atoms with van der Waals surface area (Å²) in [5.41, 5.74) is 3.27. The highest BCUT2D eigenvalue weighted by molar-refractivity contribution is 7.89. The zero-order chi connectivity index (χ0) is 19.7. The van der Waals surface area contributed by atoms with Gasteiger partial charge in [0, 0.05) is 24.7 Å². The number of carbonyl (C=O) groups excluding carboxylic acids is 1. The molecule has 1 amide bonds. The fraction of sp³-hybridized carbons (Fsp3) is 0.263. The van der Waals surface area contributed by atoms with Crippen LogP contribution in [0.3, 0.4) is 0 Å². The normalized spacial score (nSPS) is 16.3. The Morgan fingerprint density at radius 3 is 2.71 bits per heavy atom. The van der Waals surface area contributed by atoms with E-state index in [2.05, 4.69) is 10.3 Å². The predicted octanol–water partition coefficient (Wildman–Crippen LogP) is 3.47. The van der Waals surface area contributed by atoms with E-state index in [9.17, 15) is 17.6 Å². The van der Waals surface area contributed by atoms with E-state index in [1.54, 1.807) is 5.51 Å². The van der Waals surface area contributed by atoms with E-state index < -0.39 is 15.8 Å². The highest BCUT2D eigenvalue weighted by atomic mass is 32.2. The average molecular weight is 420 g/mol. The summed E-state index contributed by atoms with van der Waals surface area (Å²) in [6.07, 6.45) is 0.832. The van der Waals surface area contributed by atoms with Crippen molar-refractivity contribution in [3.05, 3.63) is 53.8 Å². The second-order valence-corrected chi connectivity index (χ2v) is 9.48. The van der Waals surface area contributed by atoms with Crippen LogP contribution in [0.2, 0.25) is 0 Å². The lowest BCUT2D eigenvalue weighted by Crippen LogP contribution is -2.41. The van der Waals surface area contributed by atoms with Gasteiger partial charge in [-0.3, -0.25) is 4.79 Å². The molecule has 0 unspecified atom stereocenters. The van der Waals surface area contributed by atoms with Crippen LogP contribution >= 0.6 is 11.3 Å². The molecule has 0 radical (unpaired) electrons. The Hall–Kier alpha value is -2.36. The molecule has 1 aliphatic heterocycles. The Kier molecular flexibility index (Phi) is 5.13. The van der Waals surface area contributed by atoms with Crippen LogP contribution in [0.1, 0.15) is 12.8 Å². The molecule has 146 valence electrons. The summed E-state index contributed by atoms with van der Waals surface area (Å²) in [7, 11) is -3.76. The standard InChI is InChI=1S/C19H18FN3O3S2/c20-14-2-1-3-16(10-14)28(25,26)23-8-6-13(7-9-23)19(24)22-15-4-5-18-17(11-15)21-12-27-18/h1-5,10-13H,6-9H2,(H,22,24). The van der Waals surface area contributed by atoms with Crippen molar-refractivity contribution in [2.45, 2.75) is 17.7 Å². The quantitative estimate of drug-likeness (QED) is 0.702. The van der Waals surface area contributed by atoms with Crippen molar-refractivity contribution in [1.82, 2.24) is 9.29 Å². The summed E-state index contributed by atoms with van der Waals surface area (Å²) in [4.78, 5) is 16.7. The van der Waals surface area contributed by atoms with Gasteiger partial charge in [0.2, 0.25) is 15.9 Å². The van der Waals surface area contributed by atoms with Gasteiger partial charge in [0.15, 0.2) is 0 Å². The average Bonchev–Trinajstić information content (AvgIpc) is 3.16. The van der Waals surface area contributed by atoms with Crippen LogP contribution in [0.15, 0.2) is 52.9 Å². The maximum absolute atomic E-state index is 13.4. The third-order valence-corrected chi connectivity index (χ3v) is 7.56. The van der Waals surface area contributed by atoms with E-state index in [-0.39, 0.29) is 29.8 Å².